The van der Waals surface area contributed by atoms with Crippen LogP contribution in [0.1, 0.15) is 18.5 Å². The number of rotatable bonds is 6. The van der Waals surface area contributed by atoms with Crippen molar-refractivity contribution < 1.29 is 27.0 Å². The van der Waals surface area contributed by atoms with E-state index in [-0.39, 0.29) is 42.3 Å². The molecule has 0 radical (unpaired) electrons. The maximum absolute atomic E-state index is 14.9. The summed E-state index contributed by atoms with van der Waals surface area (Å²) in [5, 5.41) is 7.14. The van der Waals surface area contributed by atoms with E-state index in [9.17, 15) is 17.6 Å². The summed E-state index contributed by atoms with van der Waals surface area (Å²) in [5.41, 5.74) is 1.23. The van der Waals surface area contributed by atoms with Crippen molar-refractivity contribution in [2.24, 2.45) is 0 Å². The van der Waals surface area contributed by atoms with Gasteiger partial charge in [-0.2, -0.15) is 4.98 Å². The van der Waals surface area contributed by atoms with E-state index in [0.717, 1.165) is 6.20 Å². The molecule has 1 N–H and O–H groups in total. The SMILES string of the molecule is COc1nc(N[C@@H]2CCN(C3COC3)CC2(F)F)nn2ccc(-c3cnc4ncc(C(F)F)n4c3)c12. The average molecular weight is 506 g/mol. The lowest BCUT2D eigenvalue weighted by molar-refractivity contribution is -0.131. The first-order chi connectivity index (χ1) is 17.3. The number of anilines is 1. The molecule has 2 aliphatic heterocycles. The zero-order valence-electron chi connectivity index (χ0n) is 19.1. The van der Waals surface area contributed by atoms with Crippen molar-refractivity contribution in [3.63, 3.8) is 0 Å². The monoisotopic (exact) mass is 506 g/mol. The van der Waals surface area contributed by atoms with Crippen LogP contribution in [0.25, 0.3) is 22.4 Å². The Kier molecular flexibility index (Phi) is 5.44. The van der Waals surface area contributed by atoms with Gasteiger partial charge in [-0.05, 0) is 12.5 Å². The number of aromatic nitrogens is 6. The standard InChI is InChI=1S/C22H22F4N8O2/c1-35-19-17-14(12-6-27-21-28-7-15(18(23)24)33(21)8-12)2-5-34(17)31-20(30-19)29-16-3-4-32(11-22(16,25)26)13-9-36-10-13/h2,5-8,13,16,18H,3-4,9-11H2,1H3,(H,29,31)/t16-/m1/s1. The molecule has 0 amide bonds. The van der Waals surface area contributed by atoms with Crippen molar-refractivity contribution in [1.29, 1.82) is 0 Å². The second-order valence-corrected chi connectivity index (χ2v) is 8.87. The van der Waals surface area contributed by atoms with Crippen LogP contribution in [0.15, 0.2) is 30.9 Å². The number of nitrogens with one attached hydrogen (secondary N) is 1. The third-order valence-corrected chi connectivity index (χ3v) is 6.67. The molecule has 1 atom stereocenters. The number of ether oxygens (including phenoxy) is 2. The van der Waals surface area contributed by atoms with Crippen molar-refractivity contribution in [3.8, 4) is 17.0 Å². The lowest BCUT2D eigenvalue weighted by Crippen LogP contribution is -2.61. The van der Waals surface area contributed by atoms with E-state index in [1.54, 1.807) is 17.2 Å². The van der Waals surface area contributed by atoms with Gasteiger partial charge in [-0.25, -0.2) is 32.0 Å². The molecule has 2 fully saturated rings. The van der Waals surface area contributed by atoms with Gasteiger partial charge < -0.3 is 14.8 Å². The number of methoxy groups -OCH3 is 1. The predicted octanol–water partition coefficient (Wildman–Crippen LogP) is 2.91. The van der Waals surface area contributed by atoms with Crippen molar-refractivity contribution in [2.45, 2.75) is 30.9 Å². The van der Waals surface area contributed by atoms with Gasteiger partial charge in [-0.1, -0.05) is 0 Å². The fraction of sp³-hybridized carbons (Fsp3) is 0.455. The maximum atomic E-state index is 14.9. The zero-order valence-corrected chi connectivity index (χ0v) is 19.1. The van der Waals surface area contributed by atoms with E-state index >= 15 is 0 Å². The van der Waals surface area contributed by atoms with E-state index in [1.807, 2.05) is 0 Å². The van der Waals surface area contributed by atoms with Crippen molar-refractivity contribution in [3.05, 3.63) is 36.5 Å². The molecule has 190 valence electrons. The van der Waals surface area contributed by atoms with E-state index < -0.39 is 18.4 Å². The Morgan fingerprint density at radius 3 is 2.72 bits per heavy atom. The second kappa shape index (κ2) is 8.55. The fourth-order valence-corrected chi connectivity index (χ4v) is 4.67. The lowest BCUT2D eigenvalue weighted by Gasteiger charge is -2.44. The number of likely N-dealkylation sites (tertiary alicyclic amines) is 1. The Morgan fingerprint density at radius 2 is 2.03 bits per heavy atom. The highest BCUT2D eigenvalue weighted by Crippen LogP contribution is 2.34. The number of alkyl halides is 4. The molecule has 6 heterocycles. The van der Waals surface area contributed by atoms with Crippen molar-refractivity contribution in [2.75, 3.05) is 38.7 Å². The molecule has 0 saturated carbocycles. The van der Waals surface area contributed by atoms with Gasteiger partial charge in [0.1, 0.15) is 11.2 Å². The number of piperidine rings is 1. The average Bonchev–Trinajstić information content (AvgIpc) is 3.42. The van der Waals surface area contributed by atoms with Gasteiger partial charge in [0.15, 0.2) is 0 Å². The summed E-state index contributed by atoms with van der Waals surface area (Å²) in [6.07, 6.45) is 3.19. The number of hydrogen-bond donors (Lipinski definition) is 1. The summed E-state index contributed by atoms with van der Waals surface area (Å²) in [5.74, 6) is -2.71. The van der Waals surface area contributed by atoms with Crippen LogP contribution in [0.3, 0.4) is 0 Å². The molecule has 4 aromatic rings. The zero-order chi connectivity index (χ0) is 25.0. The van der Waals surface area contributed by atoms with Crippen LogP contribution in [0.5, 0.6) is 5.88 Å². The van der Waals surface area contributed by atoms with Crippen molar-refractivity contribution in [1.82, 2.24) is 33.9 Å². The van der Waals surface area contributed by atoms with E-state index in [4.69, 9.17) is 9.47 Å². The third kappa shape index (κ3) is 3.80. The smallest absolute Gasteiger partial charge is 0.280 e. The minimum atomic E-state index is -2.99. The summed E-state index contributed by atoms with van der Waals surface area (Å²) in [4.78, 5) is 14.1. The van der Waals surface area contributed by atoms with Gasteiger partial charge in [0.05, 0.1) is 45.1 Å². The Bertz CT molecular complexity index is 1420. The van der Waals surface area contributed by atoms with Crippen LogP contribution < -0.4 is 10.1 Å². The molecule has 0 bridgehead atoms. The third-order valence-electron chi connectivity index (χ3n) is 6.67. The minimum absolute atomic E-state index is 0.00484. The Morgan fingerprint density at radius 1 is 1.22 bits per heavy atom. The molecule has 10 nitrogen and oxygen atoms in total. The van der Waals surface area contributed by atoms with Crippen LogP contribution in [0, 0.1) is 0 Å². The van der Waals surface area contributed by atoms with E-state index in [1.165, 1.54) is 28.4 Å². The van der Waals surface area contributed by atoms with Crippen molar-refractivity contribution >= 4 is 17.2 Å². The second-order valence-electron chi connectivity index (χ2n) is 8.87. The highest BCUT2D eigenvalue weighted by Gasteiger charge is 2.47. The summed E-state index contributed by atoms with van der Waals surface area (Å²) >= 11 is 0. The molecule has 4 aromatic heterocycles. The topological polar surface area (TPSA) is 94.1 Å². The Hall–Kier alpha value is -3.52. The van der Waals surface area contributed by atoms with E-state index in [0.29, 0.717) is 36.4 Å². The number of halogens is 4. The highest BCUT2D eigenvalue weighted by atomic mass is 19.3. The molecule has 2 aliphatic rings. The van der Waals surface area contributed by atoms with Gasteiger partial charge in [0.25, 0.3) is 12.3 Å². The Balaban J connectivity index is 1.31. The van der Waals surface area contributed by atoms with Crippen LogP contribution >= 0.6 is 0 Å². The summed E-state index contributed by atoms with van der Waals surface area (Å²) in [6, 6.07) is 0.592. The van der Waals surface area contributed by atoms with Crippen LogP contribution in [-0.4, -0.2) is 85.3 Å². The first-order valence-corrected chi connectivity index (χ1v) is 11.3. The summed E-state index contributed by atoms with van der Waals surface area (Å²) in [6.45, 7) is 1.11. The lowest BCUT2D eigenvalue weighted by atomic mass is 9.98. The maximum Gasteiger partial charge on any atom is 0.280 e. The molecule has 0 aliphatic carbocycles. The Labute approximate surface area is 201 Å². The van der Waals surface area contributed by atoms with Gasteiger partial charge in [0.2, 0.25) is 17.6 Å². The molecule has 2 saturated heterocycles. The number of fused-ring (bicyclic) bond motifs is 2. The van der Waals surface area contributed by atoms with Crippen LogP contribution in [0.4, 0.5) is 23.5 Å². The predicted molar refractivity (Wildman–Crippen MR) is 120 cm³/mol. The van der Waals surface area contributed by atoms with Crippen LogP contribution in [0.2, 0.25) is 0 Å². The molecule has 0 aromatic carbocycles. The minimum Gasteiger partial charge on any atom is -0.479 e. The molecule has 0 unspecified atom stereocenters. The number of nitrogens with zero attached hydrogens (tertiary/aromatic N) is 7. The summed E-state index contributed by atoms with van der Waals surface area (Å²) in [7, 11) is 1.41. The number of hydrogen-bond acceptors (Lipinski definition) is 8. The first-order valence-electron chi connectivity index (χ1n) is 11.3. The molecule has 36 heavy (non-hydrogen) atoms. The van der Waals surface area contributed by atoms with Gasteiger partial charge in [-0.3, -0.25) is 9.30 Å². The number of imidazole rings is 1. The fourth-order valence-electron chi connectivity index (χ4n) is 4.67. The quantitative estimate of drug-likeness (QED) is 0.399. The molecular weight excluding hydrogens is 484 g/mol. The highest BCUT2D eigenvalue weighted by molar-refractivity contribution is 5.84. The van der Waals surface area contributed by atoms with Gasteiger partial charge >= 0.3 is 0 Å². The summed E-state index contributed by atoms with van der Waals surface area (Å²) < 4.78 is 69.8. The normalized spacial score (nSPS) is 20.8. The first kappa shape index (κ1) is 22.9. The molecule has 6 rings (SSSR count). The molecule has 0 spiro atoms. The van der Waals surface area contributed by atoms with E-state index in [2.05, 4.69) is 25.4 Å². The molecule has 14 heteroatoms. The van der Waals surface area contributed by atoms with Gasteiger partial charge in [0, 0.05) is 36.3 Å². The molecular formula is C22H22F4N8O2. The van der Waals surface area contributed by atoms with Crippen LogP contribution in [-0.2, 0) is 4.74 Å². The largest absolute Gasteiger partial charge is 0.479 e. The van der Waals surface area contributed by atoms with Gasteiger partial charge in [-0.15, -0.1) is 5.10 Å².